The molecule has 0 radical (unpaired) electrons. The minimum absolute atomic E-state index is 0.0302. The Balaban J connectivity index is 1.75. The predicted molar refractivity (Wildman–Crippen MR) is 105 cm³/mol. The number of amides is 1. The first-order valence-corrected chi connectivity index (χ1v) is 9.20. The summed E-state index contributed by atoms with van der Waals surface area (Å²) in [6.07, 6.45) is 0. The number of thiophene rings is 1. The van der Waals surface area contributed by atoms with Crippen LogP contribution in [0.1, 0.15) is 21.5 Å². The highest BCUT2D eigenvalue weighted by molar-refractivity contribution is 7.08. The molecule has 1 aromatic heterocycles. The van der Waals surface area contributed by atoms with E-state index in [-0.39, 0.29) is 5.91 Å². The van der Waals surface area contributed by atoms with Crippen molar-refractivity contribution in [1.29, 1.82) is 0 Å². The molecule has 3 aromatic rings. The Hall–Kier alpha value is -2.43. The minimum atomic E-state index is -0.0302. The highest BCUT2D eigenvalue weighted by atomic mass is 32.1. The molecule has 1 amide bonds. The van der Waals surface area contributed by atoms with Crippen molar-refractivity contribution in [3.8, 4) is 11.1 Å². The minimum Gasteiger partial charge on any atom is -0.348 e. The number of carbonyl (C=O) groups excluding carboxylic acids is 1. The van der Waals surface area contributed by atoms with Crippen molar-refractivity contribution in [2.75, 3.05) is 14.1 Å². The van der Waals surface area contributed by atoms with Gasteiger partial charge in [0.05, 0.1) is 0 Å². The second-order valence-electron chi connectivity index (χ2n) is 6.29. The molecular weight excluding hydrogens is 328 g/mol. The smallest absolute Gasteiger partial charge is 0.252 e. The van der Waals surface area contributed by atoms with Gasteiger partial charge < -0.3 is 10.2 Å². The van der Waals surface area contributed by atoms with Crippen LogP contribution in [-0.2, 0) is 13.1 Å². The van der Waals surface area contributed by atoms with Gasteiger partial charge in [0.25, 0.3) is 5.91 Å². The normalized spacial score (nSPS) is 10.8. The van der Waals surface area contributed by atoms with Crippen molar-refractivity contribution in [3.63, 3.8) is 0 Å². The van der Waals surface area contributed by atoms with Crippen LogP contribution in [0.3, 0.4) is 0 Å². The van der Waals surface area contributed by atoms with E-state index in [0.29, 0.717) is 6.54 Å². The lowest BCUT2D eigenvalue weighted by atomic mass is 9.98. The number of carbonyl (C=O) groups is 1. The predicted octanol–water partition coefficient (Wildman–Crippen LogP) is 4.41. The third kappa shape index (κ3) is 4.56. The molecule has 25 heavy (non-hydrogen) atoms. The van der Waals surface area contributed by atoms with Crippen molar-refractivity contribution < 1.29 is 4.79 Å². The summed E-state index contributed by atoms with van der Waals surface area (Å²) < 4.78 is 0. The Labute approximate surface area is 152 Å². The molecule has 0 aliphatic rings. The van der Waals surface area contributed by atoms with Crippen molar-refractivity contribution in [1.82, 2.24) is 10.2 Å². The average molecular weight is 350 g/mol. The standard InChI is InChI=1S/C21H22N2OS/c1-23(2)14-16-7-9-17(10-8-16)20-6-4-3-5-18(20)13-22-21(24)19-11-12-25-15-19/h3-12,15H,13-14H2,1-2H3,(H,22,24). The van der Waals surface area contributed by atoms with Crippen LogP contribution in [0.5, 0.6) is 0 Å². The van der Waals surface area contributed by atoms with Crippen LogP contribution in [-0.4, -0.2) is 24.9 Å². The van der Waals surface area contributed by atoms with E-state index in [9.17, 15) is 4.79 Å². The summed E-state index contributed by atoms with van der Waals surface area (Å²) in [4.78, 5) is 14.3. The second kappa shape index (κ2) is 8.10. The van der Waals surface area contributed by atoms with Crippen molar-refractivity contribution in [2.24, 2.45) is 0 Å². The van der Waals surface area contributed by atoms with Gasteiger partial charge in [-0.1, -0.05) is 48.5 Å². The van der Waals surface area contributed by atoms with Crippen LogP contribution in [0.4, 0.5) is 0 Å². The van der Waals surface area contributed by atoms with E-state index in [1.54, 1.807) is 0 Å². The van der Waals surface area contributed by atoms with Crippen LogP contribution < -0.4 is 5.32 Å². The van der Waals surface area contributed by atoms with E-state index in [2.05, 4.69) is 60.7 Å². The molecule has 3 nitrogen and oxygen atoms in total. The Morgan fingerprint density at radius 2 is 1.80 bits per heavy atom. The van der Waals surface area contributed by atoms with Crippen molar-refractivity contribution >= 4 is 17.2 Å². The molecule has 0 spiro atoms. The molecule has 0 aliphatic heterocycles. The third-order valence-corrected chi connectivity index (χ3v) is 4.69. The molecule has 3 rings (SSSR count). The second-order valence-corrected chi connectivity index (χ2v) is 7.07. The SMILES string of the molecule is CN(C)Cc1ccc(-c2ccccc2CNC(=O)c2ccsc2)cc1. The fourth-order valence-electron chi connectivity index (χ4n) is 2.78. The molecule has 0 atom stereocenters. The van der Waals surface area contributed by atoms with Gasteiger partial charge in [-0.2, -0.15) is 11.3 Å². The Bertz CT molecular complexity index is 823. The van der Waals surface area contributed by atoms with Crippen molar-refractivity contribution in [2.45, 2.75) is 13.1 Å². The fourth-order valence-corrected chi connectivity index (χ4v) is 3.42. The van der Waals surface area contributed by atoms with Gasteiger partial charge in [-0.05, 0) is 47.8 Å². The third-order valence-electron chi connectivity index (χ3n) is 4.00. The fraction of sp³-hybridized carbons (Fsp3) is 0.190. The lowest BCUT2D eigenvalue weighted by Gasteiger charge is -2.13. The van der Waals surface area contributed by atoms with Gasteiger partial charge in [-0.3, -0.25) is 4.79 Å². The molecule has 128 valence electrons. The molecule has 0 bridgehead atoms. The zero-order chi connectivity index (χ0) is 17.6. The summed E-state index contributed by atoms with van der Waals surface area (Å²) in [6, 6.07) is 18.7. The summed E-state index contributed by atoms with van der Waals surface area (Å²) in [6.45, 7) is 1.45. The molecule has 1 N–H and O–H groups in total. The number of hydrogen-bond acceptors (Lipinski definition) is 3. The molecule has 0 unspecified atom stereocenters. The van der Waals surface area contributed by atoms with Crippen LogP contribution in [0, 0.1) is 0 Å². The highest BCUT2D eigenvalue weighted by Gasteiger charge is 2.09. The van der Waals surface area contributed by atoms with E-state index in [1.807, 2.05) is 29.0 Å². The van der Waals surface area contributed by atoms with E-state index in [0.717, 1.165) is 23.2 Å². The highest BCUT2D eigenvalue weighted by Crippen LogP contribution is 2.24. The molecule has 0 saturated carbocycles. The van der Waals surface area contributed by atoms with E-state index in [4.69, 9.17) is 0 Å². The van der Waals surface area contributed by atoms with E-state index in [1.165, 1.54) is 22.5 Å². The van der Waals surface area contributed by atoms with Crippen LogP contribution >= 0.6 is 11.3 Å². The van der Waals surface area contributed by atoms with Gasteiger partial charge in [0.15, 0.2) is 0 Å². The Morgan fingerprint density at radius 1 is 1.04 bits per heavy atom. The number of rotatable bonds is 6. The summed E-state index contributed by atoms with van der Waals surface area (Å²) in [5.41, 5.74) is 5.45. The maximum Gasteiger partial charge on any atom is 0.252 e. The molecule has 1 heterocycles. The van der Waals surface area contributed by atoms with Crippen LogP contribution in [0.2, 0.25) is 0 Å². The van der Waals surface area contributed by atoms with Gasteiger partial charge >= 0.3 is 0 Å². The van der Waals surface area contributed by atoms with Gasteiger partial charge in [-0.15, -0.1) is 0 Å². The lowest BCUT2D eigenvalue weighted by Crippen LogP contribution is -2.22. The molecule has 0 saturated heterocycles. The zero-order valence-electron chi connectivity index (χ0n) is 14.5. The zero-order valence-corrected chi connectivity index (χ0v) is 15.3. The van der Waals surface area contributed by atoms with Crippen LogP contribution in [0.25, 0.3) is 11.1 Å². The Kier molecular flexibility index (Phi) is 5.64. The first-order chi connectivity index (χ1) is 12.1. The molecule has 0 fully saturated rings. The van der Waals surface area contributed by atoms with Crippen molar-refractivity contribution in [3.05, 3.63) is 82.0 Å². The maximum absolute atomic E-state index is 12.2. The van der Waals surface area contributed by atoms with E-state index >= 15 is 0 Å². The first-order valence-electron chi connectivity index (χ1n) is 8.26. The number of nitrogens with zero attached hydrogens (tertiary/aromatic N) is 1. The molecule has 0 aliphatic carbocycles. The summed E-state index contributed by atoms with van der Waals surface area (Å²) >= 11 is 1.53. The number of hydrogen-bond donors (Lipinski definition) is 1. The van der Waals surface area contributed by atoms with Gasteiger partial charge in [0, 0.05) is 24.0 Å². The average Bonchev–Trinajstić information content (AvgIpc) is 3.15. The largest absolute Gasteiger partial charge is 0.348 e. The van der Waals surface area contributed by atoms with Gasteiger partial charge in [0.2, 0.25) is 0 Å². The van der Waals surface area contributed by atoms with Gasteiger partial charge in [-0.25, -0.2) is 0 Å². The number of nitrogens with one attached hydrogen (secondary N) is 1. The molecular formula is C21H22N2OS. The summed E-state index contributed by atoms with van der Waals surface area (Å²) in [5, 5.41) is 6.79. The van der Waals surface area contributed by atoms with Gasteiger partial charge in [0.1, 0.15) is 0 Å². The summed E-state index contributed by atoms with van der Waals surface area (Å²) in [5.74, 6) is -0.0302. The maximum atomic E-state index is 12.2. The lowest BCUT2D eigenvalue weighted by molar-refractivity contribution is 0.0951. The quantitative estimate of drug-likeness (QED) is 0.714. The summed E-state index contributed by atoms with van der Waals surface area (Å²) in [7, 11) is 4.14. The monoisotopic (exact) mass is 350 g/mol. The van der Waals surface area contributed by atoms with E-state index < -0.39 is 0 Å². The molecule has 2 aromatic carbocycles. The molecule has 4 heteroatoms. The topological polar surface area (TPSA) is 32.3 Å². The van der Waals surface area contributed by atoms with Crippen LogP contribution in [0.15, 0.2) is 65.4 Å². The number of benzene rings is 2. The Morgan fingerprint density at radius 3 is 2.48 bits per heavy atom. The first kappa shape index (κ1) is 17.4.